The van der Waals surface area contributed by atoms with Crippen LogP contribution in [0.5, 0.6) is 0 Å². The molecule has 4 N–H and O–H groups in total. The summed E-state index contributed by atoms with van der Waals surface area (Å²) >= 11 is 0. The van der Waals surface area contributed by atoms with Gasteiger partial charge in [-0.3, -0.25) is 0 Å². The number of nitrogens with one attached hydrogen (secondary N) is 1. The maximum absolute atomic E-state index is 9.84. The van der Waals surface area contributed by atoms with Crippen LogP contribution in [-0.2, 0) is 0 Å². The molecule has 0 saturated carbocycles. The first-order valence-corrected chi connectivity index (χ1v) is 4.85. The van der Waals surface area contributed by atoms with E-state index in [0.717, 1.165) is 0 Å². The molecule has 2 unspecified atom stereocenters. The summed E-state index contributed by atoms with van der Waals surface area (Å²) in [5.41, 5.74) is 1.20. The molecule has 0 bridgehead atoms. The van der Waals surface area contributed by atoms with E-state index in [1.165, 1.54) is 12.7 Å². The number of hydrogen-bond acceptors (Lipinski definition) is 6. The summed E-state index contributed by atoms with van der Waals surface area (Å²) in [4.78, 5) is 14.5. The van der Waals surface area contributed by atoms with Crippen molar-refractivity contribution in [1.29, 1.82) is 0 Å². The van der Waals surface area contributed by atoms with Gasteiger partial charge in [0.25, 0.3) is 0 Å². The second kappa shape index (κ2) is 4.52. The molecular weight excluding hydrogens is 212 g/mol. The van der Waals surface area contributed by atoms with E-state index in [4.69, 9.17) is 5.11 Å². The lowest BCUT2D eigenvalue weighted by molar-refractivity contribution is 0.00263. The topological polar surface area (TPSA) is 115 Å². The lowest BCUT2D eigenvalue weighted by atomic mass is 10.1. The van der Waals surface area contributed by atoms with E-state index in [1.54, 1.807) is 0 Å². The molecule has 2 rings (SSSR count). The highest BCUT2D eigenvalue weighted by atomic mass is 16.3. The number of aliphatic hydroxyl groups excluding tert-OH is 3. The van der Waals surface area contributed by atoms with Crippen LogP contribution in [0.4, 0.5) is 0 Å². The number of fused-ring (bicyclic) bond motifs is 1. The maximum Gasteiger partial charge on any atom is 0.180 e. The molecule has 0 aliphatic heterocycles. The molecule has 7 heteroatoms. The third kappa shape index (κ3) is 1.87. The van der Waals surface area contributed by atoms with Crippen molar-refractivity contribution in [2.24, 2.45) is 0 Å². The van der Waals surface area contributed by atoms with Crippen LogP contribution in [-0.4, -0.2) is 48.0 Å². The molecule has 0 fully saturated rings. The Kier molecular flexibility index (Phi) is 3.09. The molecule has 2 aromatic rings. The van der Waals surface area contributed by atoms with Gasteiger partial charge in [-0.15, -0.1) is 0 Å². The van der Waals surface area contributed by atoms with Gasteiger partial charge >= 0.3 is 0 Å². The van der Waals surface area contributed by atoms with Gasteiger partial charge in [0.05, 0.1) is 12.4 Å². The van der Waals surface area contributed by atoms with Gasteiger partial charge in [-0.1, -0.05) is 0 Å². The van der Waals surface area contributed by atoms with Gasteiger partial charge in [0.1, 0.15) is 23.6 Å². The molecule has 0 amide bonds. The molecule has 2 heterocycles. The Morgan fingerprint density at radius 2 is 2.06 bits per heavy atom. The van der Waals surface area contributed by atoms with Gasteiger partial charge < -0.3 is 20.3 Å². The average Bonchev–Trinajstić information content (AvgIpc) is 2.76. The summed E-state index contributed by atoms with van der Waals surface area (Å²) in [6, 6.07) is 0. The number of imidazole rings is 1. The van der Waals surface area contributed by atoms with E-state index in [2.05, 4.69) is 19.9 Å². The smallest absolute Gasteiger partial charge is 0.180 e. The van der Waals surface area contributed by atoms with Crippen molar-refractivity contribution in [2.45, 2.75) is 18.6 Å². The number of aliphatic hydroxyl groups is 3. The highest BCUT2D eigenvalue weighted by Gasteiger charge is 2.22. The number of aromatic amines is 1. The van der Waals surface area contributed by atoms with Gasteiger partial charge in [-0.05, 0) is 6.42 Å². The zero-order valence-electron chi connectivity index (χ0n) is 8.41. The summed E-state index contributed by atoms with van der Waals surface area (Å²) in [5, 5.41) is 28.1. The standard InChI is InChI=1S/C9H12N4O3/c14-2-1-5(15)8(16)6-7-9(12-3-10-6)13-4-11-7/h3-5,8,14-16H,1-2H2,(H,10,11,12,13). The maximum atomic E-state index is 9.84. The number of rotatable bonds is 4. The highest BCUT2D eigenvalue weighted by Crippen LogP contribution is 2.21. The van der Waals surface area contributed by atoms with Crippen molar-refractivity contribution in [1.82, 2.24) is 19.9 Å². The summed E-state index contributed by atoms with van der Waals surface area (Å²) in [6.07, 6.45) is 0.562. The Morgan fingerprint density at radius 1 is 1.25 bits per heavy atom. The quantitative estimate of drug-likeness (QED) is 0.536. The Morgan fingerprint density at radius 3 is 2.81 bits per heavy atom. The van der Waals surface area contributed by atoms with Crippen LogP contribution in [0.2, 0.25) is 0 Å². The lowest BCUT2D eigenvalue weighted by Gasteiger charge is -2.16. The van der Waals surface area contributed by atoms with Crippen molar-refractivity contribution in [3.8, 4) is 0 Å². The van der Waals surface area contributed by atoms with E-state index >= 15 is 0 Å². The summed E-state index contributed by atoms with van der Waals surface area (Å²) in [5.74, 6) is 0. The Balaban J connectivity index is 2.35. The van der Waals surface area contributed by atoms with Gasteiger partial charge in [0, 0.05) is 6.61 Å². The number of H-pyrrole nitrogens is 1. The number of hydrogen-bond donors (Lipinski definition) is 4. The first-order chi connectivity index (χ1) is 7.74. The molecule has 7 nitrogen and oxygen atoms in total. The number of nitrogens with zero attached hydrogens (tertiary/aromatic N) is 3. The normalized spacial score (nSPS) is 15.2. The predicted molar refractivity (Wildman–Crippen MR) is 54.4 cm³/mol. The molecule has 0 aromatic carbocycles. The predicted octanol–water partition coefficient (Wildman–Crippen LogP) is -0.870. The Hall–Kier alpha value is -1.57. The van der Waals surface area contributed by atoms with Crippen LogP contribution in [0, 0.1) is 0 Å². The molecule has 86 valence electrons. The minimum atomic E-state index is -1.17. The first-order valence-electron chi connectivity index (χ1n) is 4.85. The fourth-order valence-electron chi connectivity index (χ4n) is 1.48. The van der Waals surface area contributed by atoms with Crippen molar-refractivity contribution < 1.29 is 15.3 Å². The van der Waals surface area contributed by atoms with Crippen LogP contribution < -0.4 is 0 Å². The minimum Gasteiger partial charge on any atom is -0.396 e. The van der Waals surface area contributed by atoms with Crippen molar-refractivity contribution in [2.75, 3.05) is 6.61 Å². The molecule has 2 aromatic heterocycles. The van der Waals surface area contributed by atoms with Gasteiger partial charge in [-0.25, -0.2) is 15.0 Å². The SMILES string of the molecule is OCCC(O)C(O)c1ncnc2nc[nH]c12. The van der Waals surface area contributed by atoms with E-state index < -0.39 is 12.2 Å². The molecule has 0 aliphatic rings. The Bertz CT molecular complexity index is 472. The van der Waals surface area contributed by atoms with Gasteiger partial charge in [0.15, 0.2) is 5.65 Å². The van der Waals surface area contributed by atoms with E-state index in [-0.39, 0.29) is 18.7 Å². The molecule has 16 heavy (non-hydrogen) atoms. The lowest BCUT2D eigenvalue weighted by Crippen LogP contribution is -2.20. The van der Waals surface area contributed by atoms with E-state index in [0.29, 0.717) is 11.2 Å². The zero-order valence-corrected chi connectivity index (χ0v) is 8.41. The zero-order chi connectivity index (χ0) is 11.5. The summed E-state index contributed by atoms with van der Waals surface area (Å²) < 4.78 is 0. The molecule has 0 radical (unpaired) electrons. The third-order valence-corrected chi connectivity index (χ3v) is 2.32. The molecule has 0 aliphatic carbocycles. The molecule has 2 atom stereocenters. The largest absolute Gasteiger partial charge is 0.396 e. The van der Waals surface area contributed by atoms with E-state index in [9.17, 15) is 10.2 Å². The second-order valence-electron chi connectivity index (χ2n) is 3.38. The highest BCUT2D eigenvalue weighted by molar-refractivity contribution is 5.72. The Labute approximate surface area is 90.8 Å². The fourth-order valence-corrected chi connectivity index (χ4v) is 1.48. The first kappa shape index (κ1) is 10.9. The van der Waals surface area contributed by atoms with Crippen molar-refractivity contribution in [3.05, 3.63) is 18.3 Å². The summed E-state index contributed by atoms with van der Waals surface area (Å²) in [6.45, 7) is -0.199. The van der Waals surface area contributed by atoms with Crippen LogP contribution in [0.15, 0.2) is 12.7 Å². The van der Waals surface area contributed by atoms with Crippen LogP contribution in [0.1, 0.15) is 18.2 Å². The van der Waals surface area contributed by atoms with Crippen LogP contribution in [0.25, 0.3) is 11.2 Å². The molecule has 0 spiro atoms. The van der Waals surface area contributed by atoms with Crippen molar-refractivity contribution in [3.63, 3.8) is 0 Å². The summed E-state index contributed by atoms with van der Waals surface area (Å²) in [7, 11) is 0. The van der Waals surface area contributed by atoms with Crippen molar-refractivity contribution >= 4 is 11.2 Å². The van der Waals surface area contributed by atoms with Crippen LogP contribution in [0.3, 0.4) is 0 Å². The third-order valence-electron chi connectivity index (χ3n) is 2.32. The fraction of sp³-hybridized carbons (Fsp3) is 0.444. The average molecular weight is 224 g/mol. The van der Waals surface area contributed by atoms with Gasteiger partial charge in [-0.2, -0.15) is 0 Å². The van der Waals surface area contributed by atoms with E-state index in [1.807, 2.05) is 0 Å². The monoisotopic (exact) mass is 224 g/mol. The number of aromatic nitrogens is 4. The van der Waals surface area contributed by atoms with Gasteiger partial charge in [0.2, 0.25) is 0 Å². The molecule has 0 saturated heterocycles. The minimum absolute atomic E-state index is 0.0841. The second-order valence-corrected chi connectivity index (χ2v) is 3.38. The molecular formula is C9H12N4O3. The van der Waals surface area contributed by atoms with Crippen LogP contribution >= 0.6 is 0 Å².